The monoisotopic (exact) mass is 473 g/mol. The third-order valence-corrected chi connectivity index (χ3v) is 8.09. The lowest BCUT2D eigenvalue weighted by atomic mass is 10.2. The Morgan fingerprint density at radius 3 is 2.41 bits per heavy atom. The molecule has 0 saturated carbocycles. The predicted molar refractivity (Wildman–Crippen MR) is 132 cm³/mol. The zero-order valence-corrected chi connectivity index (χ0v) is 20.5. The predicted octanol–water partition coefficient (Wildman–Crippen LogP) is 4.02. The first-order chi connectivity index (χ1) is 15.3. The minimum atomic E-state index is -3.62. The van der Waals surface area contributed by atoms with Gasteiger partial charge in [-0.25, -0.2) is 8.42 Å². The van der Waals surface area contributed by atoms with Crippen LogP contribution in [-0.4, -0.2) is 62.5 Å². The summed E-state index contributed by atoms with van der Waals surface area (Å²) in [6.07, 6.45) is 6.10. The van der Waals surface area contributed by atoms with Crippen molar-refractivity contribution in [3.63, 3.8) is 0 Å². The highest BCUT2D eigenvalue weighted by Gasteiger charge is 2.29. The minimum Gasteiger partial charge on any atom is -0.325 e. The van der Waals surface area contributed by atoms with E-state index in [2.05, 4.69) is 34.5 Å². The van der Waals surface area contributed by atoms with E-state index in [1.165, 1.54) is 16.1 Å². The first-order valence-electron chi connectivity index (χ1n) is 10.7. The number of carbonyl (C=O) groups is 1. The lowest BCUT2D eigenvalue weighted by Crippen LogP contribution is -2.48. The maximum absolute atomic E-state index is 13.2. The Labute approximate surface area is 195 Å². The molecule has 1 saturated heterocycles. The fraction of sp³-hybridized carbons (Fsp3) is 0.375. The van der Waals surface area contributed by atoms with Gasteiger partial charge in [0.05, 0.1) is 10.6 Å². The number of piperazine rings is 1. The molecule has 3 rings (SSSR count). The van der Waals surface area contributed by atoms with Crippen molar-refractivity contribution in [1.29, 1.82) is 0 Å². The largest absolute Gasteiger partial charge is 0.325 e. The Hall–Kier alpha value is -2.13. The van der Waals surface area contributed by atoms with Crippen LogP contribution in [0.25, 0.3) is 6.08 Å². The molecule has 2 aromatic rings. The van der Waals surface area contributed by atoms with Gasteiger partial charge in [-0.1, -0.05) is 56.3 Å². The van der Waals surface area contributed by atoms with E-state index in [4.69, 9.17) is 0 Å². The molecule has 0 atom stereocenters. The lowest BCUT2D eigenvalue weighted by Gasteiger charge is -2.33. The first kappa shape index (κ1) is 24.5. The highest BCUT2D eigenvalue weighted by molar-refractivity contribution is 7.98. The summed E-state index contributed by atoms with van der Waals surface area (Å²) >= 11 is 1.47. The van der Waals surface area contributed by atoms with E-state index in [1.807, 2.05) is 38.3 Å². The molecule has 0 bridgehead atoms. The van der Waals surface area contributed by atoms with Crippen LogP contribution in [0.1, 0.15) is 19.4 Å². The maximum Gasteiger partial charge on any atom is 0.243 e. The lowest BCUT2D eigenvalue weighted by molar-refractivity contribution is -0.118. The van der Waals surface area contributed by atoms with Crippen LogP contribution in [0.2, 0.25) is 0 Å². The van der Waals surface area contributed by atoms with Crippen molar-refractivity contribution >= 4 is 39.5 Å². The quantitative estimate of drug-likeness (QED) is 0.587. The van der Waals surface area contributed by atoms with Gasteiger partial charge in [0.15, 0.2) is 0 Å². The average Bonchev–Trinajstić information content (AvgIpc) is 2.80. The molecule has 32 heavy (non-hydrogen) atoms. The smallest absolute Gasteiger partial charge is 0.243 e. The molecule has 2 aromatic carbocycles. The van der Waals surface area contributed by atoms with Gasteiger partial charge in [0.25, 0.3) is 0 Å². The average molecular weight is 474 g/mol. The second-order valence-corrected chi connectivity index (χ2v) is 10.8. The Morgan fingerprint density at radius 1 is 1.09 bits per heavy atom. The van der Waals surface area contributed by atoms with E-state index in [0.717, 1.165) is 17.0 Å². The van der Waals surface area contributed by atoms with Gasteiger partial charge in [-0.2, -0.15) is 4.31 Å². The maximum atomic E-state index is 13.2. The Morgan fingerprint density at radius 2 is 1.78 bits per heavy atom. The summed E-state index contributed by atoms with van der Waals surface area (Å²) in [6, 6.07) is 15.1. The van der Waals surface area contributed by atoms with Crippen molar-refractivity contribution in [2.24, 2.45) is 5.92 Å². The summed E-state index contributed by atoms with van der Waals surface area (Å²) in [5, 5.41) is 2.86. The number of hydrogen-bond acceptors (Lipinski definition) is 5. The van der Waals surface area contributed by atoms with Gasteiger partial charge in [0.2, 0.25) is 15.9 Å². The minimum absolute atomic E-state index is 0.132. The molecule has 1 aliphatic rings. The number of sulfonamides is 1. The highest BCUT2D eigenvalue weighted by Crippen LogP contribution is 2.30. The molecule has 0 aliphatic carbocycles. The molecule has 1 heterocycles. The number of nitrogens with one attached hydrogen (secondary N) is 1. The molecule has 1 aliphatic heterocycles. The van der Waals surface area contributed by atoms with Gasteiger partial charge < -0.3 is 5.32 Å². The van der Waals surface area contributed by atoms with Gasteiger partial charge in [0.1, 0.15) is 0 Å². The first-order valence-corrected chi connectivity index (χ1v) is 13.4. The molecule has 0 aromatic heterocycles. The summed E-state index contributed by atoms with van der Waals surface area (Å²) in [7, 11) is -3.62. The fourth-order valence-electron chi connectivity index (χ4n) is 3.43. The zero-order valence-electron chi connectivity index (χ0n) is 18.8. The third-order valence-electron chi connectivity index (χ3n) is 5.40. The summed E-state index contributed by atoms with van der Waals surface area (Å²) in [5.41, 5.74) is 1.70. The molecule has 0 spiro atoms. The third kappa shape index (κ3) is 6.22. The molecule has 172 valence electrons. The van der Waals surface area contributed by atoms with E-state index in [9.17, 15) is 13.2 Å². The number of thioether (sulfide) groups is 1. The molecule has 0 unspecified atom stereocenters. The van der Waals surface area contributed by atoms with Crippen LogP contribution in [-0.2, 0) is 14.8 Å². The Balaban J connectivity index is 1.64. The molecule has 1 amide bonds. The van der Waals surface area contributed by atoms with Crippen LogP contribution in [0.3, 0.4) is 0 Å². The standard InChI is InChI=1S/C24H31N3O3S2/c1-19(2)24(28)25-22-18-21(11-12-23(22)31-3)32(29,30)27-16-14-26(15-17-27)13-7-10-20-8-5-4-6-9-20/h4-12,18-19H,13-17H2,1-3H3,(H,25,28)/b10-7+. The van der Waals surface area contributed by atoms with Crippen molar-refractivity contribution in [3.8, 4) is 0 Å². The molecule has 8 heteroatoms. The van der Waals surface area contributed by atoms with Gasteiger partial charge in [-0.3, -0.25) is 9.69 Å². The van der Waals surface area contributed by atoms with Crippen molar-refractivity contribution in [2.75, 3.05) is 44.3 Å². The number of carbonyl (C=O) groups excluding carboxylic acids is 1. The van der Waals surface area contributed by atoms with Gasteiger partial charge in [-0.15, -0.1) is 11.8 Å². The number of hydrogen-bond donors (Lipinski definition) is 1. The normalized spacial score (nSPS) is 16.0. The van der Waals surface area contributed by atoms with E-state index in [-0.39, 0.29) is 16.7 Å². The van der Waals surface area contributed by atoms with Gasteiger partial charge in [0, 0.05) is 43.5 Å². The van der Waals surface area contributed by atoms with Crippen molar-refractivity contribution < 1.29 is 13.2 Å². The summed E-state index contributed by atoms with van der Waals surface area (Å²) in [6.45, 7) is 6.65. The second-order valence-electron chi connectivity index (χ2n) is 8.02. The number of rotatable bonds is 8. The van der Waals surface area contributed by atoms with E-state index in [1.54, 1.807) is 18.2 Å². The molecular formula is C24H31N3O3S2. The van der Waals surface area contributed by atoms with Crippen LogP contribution >= 0.6 is 11.8 Å². The molecule has 1 fully saturated rings. The van der Waals surface area contributed by atoms with Crippen molar-refractivity contribution in [2.45, 2.75) is 23.6 Å². The number of amides is 1. The Kier molecular flexibility index (Phi) is 8.53. The second kappa shape index (κ2) is 11.1. The topological polar surface area (TPSA) is 69.7 Å². The van der Waals surface area contributed by atoms with Crippen LogP contribution < -0.4 is 5.32 Å². The van der Waals surface area contributed by atoms with Gasteiger partial charge >= 0.3 is 0 Å². The fourth-order valence-corrected chi connectivity index (χ4v) is 5.41. The number of anilines is 1. The summed E-state index contributed by atoms with van der Waals surface area (Å²) < 4.78 is 28.0. The van der Waals surface area contributed by atoms with E-state index in [0.29, 0.717) is 31.9 Å². The van der Waals surface area contributed by atoms with Crippen LogP contribution in [0.15, 0.2) is 64.4 Å². The zero-order chi connectivity index (χ0) is 23.1. The Bertz CT molecular complexity index is 1050. The van der Waals surface area contributed by atoms with Crippen molar-refractivity contribution in [1.82, 2.24) is 9.21 Å². The molecule has 0 radical (unpaired) electrons. The van der Waals surface area contributed by atoms with Crippen LogP contribution in [0, 0.1) is 5.92 Å². The summed E-state index contributed by atoms with van der Waals surface area (Å²) in [4.78, 5) is 15.5. The van der Waals surface area contributed by atoms with Crippen LogP contribution in [0.4, 0.5) is 5.69 Å². The molecule has 1 N–H and O–H groups in total. The highest BCUT2D eigenvalue weighted by atomic mass is 32.2. The summed E-state index contributed by atoms with van der Waals surface area (Å²) in [5.74, 6) is -0.319. The molecule has 6 nitrogen and oxygen atoms in total. The number of benzene rings is 2. The van der Waals surface area contributed by atoms with Gasteiger partial charge in [-0.05, 0) is 30.0 Å². The van der Waals surface area contributed by atoms with E-state index < -0.39 is 10.0 Å². The molecular weight excluding hydrogens is 442 g/mol. The SMILES string of the molecule is CSc1ccc(S(=O)(=O)N2CCN(C/C=C/c3ccccc3)CC2)cc1NC(=O)C(C)C. The number of nitrogens with zero attached hydrogens (tertiary/aromatic N) is 2. The van der Waals surface area contributed by atoms with Crippen molar-refractivity contribution in [3.05, 3.63) is 60.2 Å². The van der Waals surface area contributed by atoms with Crippen LogP contribution in [0.5, 0.6) is 0 Å². The van der Waals surface area contributed by atoms with E-state index >= 15 is 0 Å².